The van der Waals surface area contributed by atoms with Crippen LogP contribution in [-0.4, -0.2) is 33.6 Å². The first-order valence-electron chi connectivity index (χ1n) is 6.63. The number of rotatable bonds is 4. The van der Waals surface area contributed by atoms with Gasteiger partial charge in [-0.1, -0.05) is 18.5 Å². The summed E-state index contributed by atoms with van der Waals surface area (Å²) in [6.45, 7) is 7.18. The molecule has 1 aromatic heterocycles. The number of halogens is 1. The van der Waals surface area contributed by atoms with E-state index >= 15 is 0 Å². The standard InChI is InChI=1S/C13H20ClN3O/c1-3-11-13(14)12(17(4-2)15-11)9-16-7-5-6-10(18)8-16/h3-9H2,1-2H3. The lowest BCUT2D eigenvalue weighted by atomic mass is 10.1. The maximum Gasteiger partial charge on any atom is 0.146 e. The third-order valence-corrected chi connectivity index (χ3v) is 3.83. The van der Waals surface area contributed by atoms with Crippen LogP contribution >= 0.6 is 11.6 Å². The maximum atomic E-state index is 11.5. The molecule has 0 spiro atoms. The van der Waals surface area contributed by atoms with Crippen LogP contribution in [0, 0.1) is 0 Å². The zero-order valence-corrected chi connectivity index (χ0v) is 11.8. The van der Waals surface area contributed by atoms with Gasteiger partial charge in [0.25, 0.3) is 0 Å². The number of likely N-dealkylation sites (tertiary alicyclic amines) is 1. The minimum atomic E-state index is 0.329. The molecule has 0 amide bonds. The van der Waals surface area contributed by atoms with Crippen LogP contribution in [0.5, 0.6) is 0 Å². The summed E-state index contributed by atoms with van der Waals surface area (Å²) in [6, 6.07) is 0. The van der Waals surface area contributed by atoms with Crippen molar-refractivity contribution in [2.24, 2.45) is 0 Å². The Balaban J connectivity index is 2.17. The van der Waals surface area contributed by atoms with Gasteiger partial charge in [0.2, 0.25) is 0 Å². The largest absolute Gasteiger partial charge is 0.298 e. The number of piperidine rings is 1. The lowest BCUT2D eigenvalue weighted by Gasteiger charge is -2.25. The van der Waals surface area contributed by atoms with Crippen molar-refractivity contribution in [1.82, 2.24) is 14.7 Å². The summed E-state index contributed by atoms with van der Waals surface area (Å²) in [5.74, 6) is 0.329. The fourth-order valence-corrected chi connectivity index (χ4v) is 2.75. The van der Waals surface area contributed by atoms with Crippen molar-refractivity contribution in [3.63, 3.8) is 0 Å². The van der Waals surface area contributed by atoms with Crippen LogP contribution in [0.2, 0.25) is 5.02 Å². The molecule has 0 saturated carbocycles. The van der Waals surface area contributed by atoms with Crippen molar-refractivity contribution in [2.45, 2.75) is 46.2 Å². The highest BCUT2D eigenvalue weighted by Crippen LogP contribution is 2.23. The van der Waals surface area contributed by atoms with Gasteiger partial charge in [-0.05, 0) is 26.3 Å². The Labute approximate surface area is 113 Å². The van der Waals surface area contributed by atoms with E-state index in [1.165, 1.54) is 0 Å². The van der Waals surface area contributed by atoms with E-state index in [0.717, 1.165) is 55.3 Å². The third kappa shape index (κ3) is 2.75. The Kier molecular flexibility index (Phi) is 4.40. The van der Waals surface area contributed by atoms with Crippen molar-refractivity contribution < 1.29 is 4.79 Å². The summed E-state index contributed by atoms with van der Waals surface area (Å²) in [7, 11) is 0. The van der Waals surface area contributed by atoms with Crippen molar-refractivity contribution in [1.29, 1.82) is 0 Å². The first-order chi connectivity index (χ1) is 8.65. The van der Waals surface area contributed by atoms with Gasteiger partial charge in [-0.2, -0.15) is 5.10 Å². The van der Waals surface area contributed by atoms with Gasteiger partial charge in [0, 0.05) is 19.5 Å². The predicted octanol–water partition coefficient (Wildman–Crippen LogP) is 2.28. The van der Waals surface area contributed by atoms with E-state index in [1.54, 1.807) is 0 Å². The van der Waals surface area contributed by atoms with E-state index in [1.807, 2.05) is 4.68 Å². The lowest BCUT2D eigenvalue weighted by Crippen LogP contribution is -2.35. The monoisotopic (exact) mass is 269 g/mol. The number of Topliss-reactive ketones (excluding diaryl/α,β-unsaturated/α-hetero) is 1. The van der Waals surface area contributed by atoms with Gasteiger partial charge in [-0.15, -0.1) is 0 Å². The number of aromatic nitrogens is 2. The number of hydrogen-bond donors (Lipinski definition) is 0. The molecule has 1 aliphatic rings. The molecule has 18 heavy (non-hydrogen) atoms. The van der Waals surface area contributed by atoms with Gasteiger partial charge in [0.1, 0.15) is 5.78 Å². The fraction of sp³-hybridized carbons (Fsp3) is 0.692. The molecule has 1 fully saturated rings. The quantitative estimate of drug-likeness (QED) is 0.842. The van der Waals surface area contributed by atoms with Crippen LogP contribution in [0.15, 0.2) is 0 Å². The number of carbonyl (C=O) groups excluding carboxylic acids is 1. The van der Waals surface area contributed by atoms with Crippen LogP contribution in [0.25, 0.3) is 0 Å². The molecular formula is C13H20ClN3O. The summed E-state index contributed by atoms with van der Waals surface area (Å²) >= 11 is 6.37. The van der Waals surface area contributed by atoms with E-state index in [2.05, 4.69) is 23.8 Å². The molecule has 0 aromatic carbocycles. The van der Waals surface area contributed by atoms with Crippen LogP contribution in [-0.2, 0) is 24.3 Å². The SMILES string of the molecule is CCc1nn(CC)c(CN2CCCC(=O)C2)c1Cl. The Morgan fingerprint density at radius 1 is 1.39 bits per heavy atom. The minimum Gasteiger partial charge on any atom is -0.298 e. The number of ketones is 1. The topological polar surface area (TPSA) is 38.1 Å². The molecule has 0 aliphatic carbocycles. The van der Waals surface area contributed by atoms with Crippen LogP contribution in [0.4, 0.5) is 0 Å². The molecule has 1 saturated heterocycles. The van der Waals surface area contributed by atoms with Crippen molar-refractivity contribution in [3.8, 4) is 0 Å². The van der Waals surface area contributed by atoms with Gasteiger partial charge in [0.15, 0.2) is 0 Å². The van der Waals surface area contributed by atoms with Gasteiger partial charge >= 0.3 is 0 Å². The zero-order chi connectivity index (χ0) is 13.1. The smallest absolute Gasteiger partial charge is 0.146 e. The summed E-state index contributed by atoms with van der Waals surface area (Å²) in [5.41, 5.74) is 2.00. The van der Waals surface area contributed by atoms with E-state index in [9.17, 15) is 4.79 Å². The molecular weight excluding hydrogens is 250 g/mol. The molecule has 0 bridgehead atoms. The average molecular weight is 270 g/mol. The Bertz CT molecular complexity index is 442. The number of nitrogens with zero attached hydrogens (tertiary/aromatic N) is 3. The normalized spacial score (nSPS) is 17.4. The molecule has 100 valence electrons. The van der Waals surface area contributed by atoms with Crippen molar-refractivity contribution in [2.75, 3.05) is 13.1 Å². The fourth-order valence-electron chi connectivity index (χ4n) is 2.42. The Morgan fingerprint density at radius 3 is 2.78 bits per heavy atom. The van der Waals surface area contributed by atoms with Crippen LogP contribution in [0.3, 0.4) is 0 Å². The zero-order valence-electron chi connectivity index (χ0n) is 11.1. The lowest BCUT2D eigenvalue weighted by molar-refractivity contribution is -0.122. The third-order valence-electron chi connectivity index (χ3n) is 3.40. The van der Waals surface area contributed by atoms with Gasteiger partial charge in [-0.3, -0.25) is 14.4 Å². The molecule has 5 heteroatoms. The van der Waals surface area contributed by atoms with E-state index < -0.39 is 0 Å². The number of carbonyl (C=O) groups is 1. The molecule has 0 unspecified atom stereocenters. The molecule has 1 aromatic rings. The number of aryl methyl sites for hydroxylation is 2. The van der Waals surface area contributed by atoms with Gasteiger partial charge in [0.05, 0.1) is 23.0 Å². The second-order valence-electron chi connectivity index (χ2n) is 4.73. The Morgan fingerprint density at radius 2 is 2.17 bits per heavy atom. The predicted molar refractivity (Wildman–Crippen MR) is 71.8 cm³/mol. The molecule has 0 atom stereocenters. The summed E-state index contributed by atoms with van der Waals surface area (Å²) < 4.78 is 1.96. The van der Waals surface area contributed by atoms with Crippen LogP contribution < -0.4 is 0 Å². The highest BCUT2D eigenvalue weighted by Gasteiger charge is 2.21. The molecule has 0 N–H and O–H groups in total. The van der Waals surface area contributed by atoms with E-state index in [0.29, 0.717) is 12.3 Å². The van der Waals surface area contributed by atoms with Crippen molar-refractivity contribution in [3.05, 3.63) is 16.4 Å². The summed E-state index contributed by atoms with van der Waals surface area (Å²) in [4.78, 5) is 13.6. The molecule has 0 radical (unpaired) electrons. The van der Waals surface area contributed by atoms with E-state index in [-0.39, 0.29) is 0 Å². The first-order valence-corrected chi connectivity index (χ1v) is 7.01. The molecule has 1 aliphatic heterocycles. The number of hydrogen-bond acceptors (Lipinski definition) is 3. The van der Waals surface area contributed by atoms with Crippen LogP contribution in [0.1, 0.15) is 38.1 Å². The van der Waals surface area contributed by atoms with Gasteiger partial charge in [-0.25, -0.2) is 0 Å². The molecule has 2 rings (SSSR count). The summed E-state index contributed by atoms with van der Waals surface area (Å²) in [5, 5.41) is 5.28. The highest BCUT2D eigenvalue weighted by molar-refractivity contribution is 6.31. The Hall–Kier alpha value is -0.870. The minimum absolute atomic E-state index is 0.329. The molecule has 2 heterocycles. The van der Waals surface area contributed by atoms with E-state index in [4.69, 9.17) is 11.6 Å². The maximum absolute atomic E-state index is 11.5. The van der Waals surface area contributed by atoms with Crippen molar-refractivity contribution >= 4 is 17.4 Å². The second-order valence-corrected chi connectivity index (χ2v) is 5.11. The average Bonchev–Trinajstić information content (AvgIpc) is 2.66. The highest BCUT2D eigenvalue weighted by atomic mass is 35.5. The summed E-state index contributed by atoms with van der Waals surface area (Å²) in [6.07, 6.45) is 2.52. The van der Waals surface area contributed by atoms with Gasteiger partial charge < -0.3 is 0 Å². The first kappa shape index (κ1) is 13.6. The second kappa shape index (κ2) is 5.85. The molecule has 4 nitrogen and oxygen atoms in total.